The van der Waals surface area contributed by atoms with Gasteiger partial charge in [0.2, 0.25) is 0 Å². The maximum absolute atomic E-state index is 6.21. The summed E-state index contributed by atoms with van der Waals surface area (Å²) in [5, 5.41) is 4.80. The fourth-order valence-corrected chi connectivity index (χ4v) is 2.46. The summed E-state index contributed by atoms with van der Waals surface area (Å²) in [6.45, 7) is 4.06. The smallest absolute Gasteiger partial charge is 0.174 e. The Bertz CT molecular complexity index is 521. The lowest BCUT2D eigenvalue weighted by atomic mass is 10.1. The van der Waals surface area contributed by atoms with Gasteiger partial charge in [-0.05, 0) is 35.8 Å². The van der Waals surface area contributed by atoms with Crippen molar-refractivity contribution in [3.05, 3.63) is 39.5 Å². The second kappa shape index (κ2) is 4.84. The molecule has 92 valence electrons. The highest BCUT2D eigenvalue weighted by atomic mass is 79.9. The highest BCUT2D eigenvalue weighted by molar-refractivity contribution is 9.10. The van der Waals surface area contributed by atoms with Gasteiger partial charge in [0.1, 0.15) is 0 Å². The normalized spacial score (nSPS) is 13.3. The van der Waals surface area contributed by atoms with Crippen LogP contribution >= 0.6 is 27.5 Å². The summed E-state index contributed by atoms with van der Waals surface area (Å²) < 4.78 is 7.64. The zero-order chi connectivity index (χ0) is 12.6. The van der Waals surface area contributed by atoms with Crippen molar-refractivity contribution in [2.75, 3.05) is 0 Å². The monoisotopic (exact) mass is 317 g/mol. The van der Waals surface area contributed by atoms with Gasteiger partial charge in [-0.25, -0.2) is 0 Å². The minimum Gasteiger partial charge on any atom is -0.457 e. The highest BCUT2D eigenvalue weighted by Gasteiger charge is 2.22. The largest absolute Gasteiger partial charge is 0.457 e. The molecule has 2 heterocycles. The van der Waals surface area contributed by atoms with E-state index >= 15 is 0 Å². The van der Waals surface area contributed by atoms with E-state index in [-0.39, 0.29) is 12.1 Å². The molecule has 1 atom stereocenters. The molecule has 2 aromatic heterocycles. The molecule has 0 aliphatic rings. The van der Waals surface area contributed by atoms with Gasteiger partial charge in [-0.15, -0.1) is 0 Å². The van der Waals surface area contributed by atoms with Gasteiger partial charge < -0.3 is 10.2 Å². The molecule has 2 rings (SSSR count). The molecule has 0 spiro atoms. The van der Waals surface area contributed by atoms with E-state index in [1.807, 2.05) is 24.6 Å². The standard InChI is InChI=1S/C11H13BrClN3O/c1-6(2)16-10(8(13)5-15-16)9(14)7-3-4-17-11(7)12/h3-6,9H,14H2,1-2H3. The maximum atomic E-state index is 6.21. The van der Waals surface area contributed by atoms with Gasteiger partial charge in [-0.2, -0.15) is 5.10 Å². The quantitative estimate of drug-likeness (QED) is 0.942. The van der Waals surface area contributed by atoms with E-state index in [4.69, 9.17) is 21.8 Å². The summed E-state index contributed by atoms with van der Waals surface area (Å²) in [7, 11) is 0. The van der Waals surface area contributed by atoms with E-state index in [9.17, 15) is 0 Å². The molecule has 0 aliphatic heterocycles. The molecule has 1 unspecified atom stereocenters. The zero-order valence-corrected chi connectivity index (χ0v) is 11.9. The van der Waals surface area contributed by atoms with Crippen LogP contribution in [0.4, 0.5) is 0 Å². The Balaban J connectivity index is 2.47. The first-order valence-electron chi connectivity index (χ1n) is 5.23. The molecule has 2 aromatic rings. The van der Waals surface area contributed by atoms with Crippen LogP contribution in [0.2, 0.25) is 5.02 Å². The van der Waals surface area contributed by atoms with Gasteiger partial charge in [-0.3, -0.25) is 4.68 Å². The van der Waals surface area contributed by atoms with E-state index in [0.717, 1.165) is 11.3 Å². The minimum absolute atomic E-state index is 0.203. The lowest BCUT2D eigenvalue weighted by Gasteiger charge is -2.16. The second-order valence-electron chi connectivity index (χ2n) is 4.04. The molecule has 6 heteroatoms. The molecule has 0 amide bonds. The van der Waals surface area contributed by atoms with Gasteiger partial charge in [0, 0.05) is 11.6 Å². The molecular weight excluding hydrogens is 305 g/mol. The third-order valence-electron chi connectivity index (χ3n) is 2.55. The summed E-state index contributed by atoms with van der Waals surface area (Å²) in [6, 6.07) is 1.66. The lowest BCUT2D eigenvalue weighted by Crippen LogP contribution is -2.19. The van der Waals surface area contributed by atoms with Crippen molar-refractivity contribution in [1.29, 1.82) is 0 Å². The van der Waals surface area contributed by atoms with E-state index < -0.39 is 0 Å². The Morgan fingerprint density at radius 3 is 2.76 bits per heavy atom. The first kappa shape index (κ1) is 12.7. The van der Waals surface area contributed by atoms with Crippen molar-refractivity contribution in [3.8, 4) is 0 Å². The van der Waals surface area contributed by atoms with Crippen molar-refractivity contribution < 1.29 is 4.42 Å². The van der Waals surface area contributed by atoms with Crippen LogP contribution in [0.3, 0.4) is 0 Å². The first-order chi connectivity index (χ1) is 8.02. The first-order valence-corrected chi connectivity index (χ1v) is 6.40. The molecule has 4 nitrogen and oxygen atoms in total. The van der Waals surface area contributed by atoms with Crippen LogP contribution in [-0.2, 0) is 0 Å². The predicted octanol–water partition coefficient (Wildman–Crippen LogP) is 3.52. The number of nitrogens with two attached hydrogens (primary N) is 1. The van der Waals surface area contributed by atoms with Crippen LogP contribution in [0.1, 0.15) is 37.2 Å². The molecule has 0 aliphatic carbocycles. The van der Waals surface area contributed by atoms with Gasteiger partial charge in [0.05, 0.1) is 29.2 Å². The van der Waals surface area contributed by atoms with Gasteiger partial charge >= 0.3 is 0 Å². The highest BCUT2D eigenvalue weighted by Crippen LogP contribution is 2.32. The summed E-state index contributed by atoms with van der Waals surface area (Å²) in [5.41, 5.74) is 7.86. The van der Waals surface area contributed by atoms with E-state index in [2.05, 4.69) is 21.0 Å². The SMILES string of the molecule is CC(C)n1ncc(Cl)c1C(N)c1ccoc1Br. The van der Waals surface area contributed by atoms with Crippen LogP contribution in [0, 0.1) is 0 Å². The Labute approximate surface area is 113 Å². The summed E-state index contributed by atoms with van der Waals surface area (Å²) in [4.78, 5) is 0. The summed E-state index contributed by atoms with van der Waals surface area (Å²) in [5.74, 6) is 0. The number of aromatic nitrogens is 2. The molecule has 0 aromatic carbocycles. The Hall–Kier alpha value is -0.780. The number of nitrogens with zero attached hydrogens (tertiary/aromatic N) is 2. The summed E-state index contributed by atoms with van der Waals surface area (Å²) >= 11 is 9.46. The molecule has 0 bridgehead atoms. The number of rotatable bonds is 3. The summed E-state index contributed by atoms with van der Waals surface area (Å²) in [6.07, 6.45) is 3.20. The Morgan fingerprint density at radius 1 is 1.53 bits per heavy atom. The maximum Gasteiger partial charge on any atom is 0.174 e. The van der Waals surface area contributed by atoms with Gasteiger partial charge in [-0.1, -0.05) is 11.6 Å². The van der Waals surface area contributed by atoms with Gasteiger partial charge in [0.25, 0.3) is 0 Å². The molecular formula is C11H13BrClN3O. The number of hydrogen-bond acceptors (Lipinski definition) is 3. The second-order valence-corrected chi connectivity index (χ2v) is 5.17. The fourth-order valence-electron chi connectivity index (χ4n) is 1.73. The topological polar surface area (TPSA) is 57.0 Å². The average molecular weight is 319 g/mol. The van der Waals surface area contributed by atoms with Crippen LogP contribution in [0.25, 0.3) is 0 Å². The fraction of sp³-hybridized carbons (Fsp3) is 0.364. The van der Waals surface area contributed by atoms with E-state index in [0.29, 0.717) is 9.69 Å². The molecule has 0 saturated carbocycles. The van der Waals surface area contributed by atoms with Crippen molar-refractivity contribution in [3.63, 3.8) is 0 Å². The zero-order valence-electron chi connectivity index (χ0n) is 9.52. The third-order valence-corrected chi connectivity index (χ3v) is 3.49. The van der Waals surface area contributed by atoms with Crippen molar-refractivity contribution in [2.24, 2.45) is 5.73 Å². The van der Waals surface area contributed by atoms with Crippen LogP contribution in [-0.4, -0.2) is 9.78 Å². The third kappa shape index (κ3) is 2.27. The number of halogens is 2. The molecule has 0 radical (unpaired) electrons. The van der Waals surface area contributed by atoms with Gasteiger partial charge in [0.15, 0.2) is 4.67 Å². The Morgan fingerprint density at radius 2 is 2.24 bits per heavy atom. The molecule has 0 saturated heterocycles. The predicted molar refractivity (Wildman–Crippen MR) is 70.1 cm³/mol. The van der Waals surface area contributed by atoms with Crippen LogP contribution in [0.15, 0.2) is 27.6 Å². The Kier molecular flexibility index (Phi) is 3.61. The lowest BCUT2D eigenvalue weighted by molar-refractivity contribution is 0.494. The van der Waals surface area contributed by atoms with E-state index in [1.165, 1.54) is 0 Å². The van der Waals surface area contributed by atoms with E-state index in [1.54, 1.807) is 12.5 Å². The van der Waals surface area contributed by atoms with Crippen LogP contribution < -0.4 is 5.73 Å². The van der Waals surface area contributed by atoms with Crippen molar-refractivity contribution in [2.45, 2.75) is 25.9 Å². The van der Waals surface area contributed by atoms with Crippen molar-refractivity contribution >= 4 is 27.5 Å². The average Bonchev–Trinajstić information content (AvgIpc) is 2.83. The van der Waals surface area contributed by atoms with Crippen LogP contribution in [0.5, 0.6) is 0 Å². The van der Waals surface area contributed by atoms with Crippen molar-refractivity contribution in [1.82, 2.24) is 9.78 Å². The number of furan rings is 1. The minimum atomic E-state index is -0.361. The number of hydrogen-bond donors (Lipinski definition) is 1. The molecule has 2 N–H and O–H groups in total. The molecule has 0 fully saturated rings. The molecule has 17 heavy (non-hydrogen) atoms.